The molecule has 1 N–H and O–H groups in total. The first-order valence-corrected chi connectivity index (χ1v) is 9.61. The predicted octanol–water partition coefficient (Wildman–Crippen LogP) is 3.78. The average molecular weight is 406 g/mol. The third-order valence-electron chi connectivity index (χ3n) is 4.57. The van der Waals surface area contributed by atoms with Crippen LogP contribution in [0.15, 0.2) is 48.5 Å². The summed E-state index contributed by atoms with van der Waals surface area (Å²) in [6.45, 7) is 3.35. The largest absolute Gasteiger partial charge is 0.336 e. The topological polar surface area (TPSA) is 52.7 Å². The molecule has 0 spiro atoms. The Kier molecular flexibility index (Phi) is 6.72. The molecule has 142 valence electrons. The molecule has 0 aliphatic carbocycles. The molecule has 1 aliphatic rings. The first-order valence-electron chi connectivity index (χ1n) is 8.85. The maximum atomic E-state index is 12.6. The van der Waals surface area contributed by atoms with E-state index in [0.717, 1.165) is 13.1 Å². The second kappa shape index (κ2) is 9.22. The van der Waals surface area contributed by atoms with Gasteiger partial charge in [-0.15, -0.1) is 0 Å². The minimum atomic E-state index is -0.0716. The van der Waals surface area contributed by atoms with Crippen molar-refractivity contribution in [1.29, 1.82) is 0 Å². The van der Waals surface area contributed by atoms with Gasteiger partial charge in [0.15, 0.2) is 0 Å². The van der Waals surface area contributed by atoms with Gasteiger partial charge in [-0.1, -0.05) is 47.5 Å². The number of carbonyl (C=O) groups excluding carboxylic acids is 2. The number of amides is 2. The van der Waals surface area contributed by atoms with Gasteiger partial charge >= 0.3 is 0 Å². The van der Waals surface area contributed by atoms with Crippen LogP contribution >= 0.6 is 23.2 Å². The summed E-state index contributed by atoms with van der Waals surface area (Å²) in [6.07, 6.45) is 0.379. The van der Waals surface area contributed by atoms with Crippen LogP contribution in [0.4, 0.5) is 5.69 Å². The van der Waals surface area contributed by atoms with Crippen molar-refractivity contribution in [2.45, 2.75) is 6.42 Å². The van der Waals surface area contributed by atoms with Crippen molar-refractivity contribution >= 4 is 40.7 Å². The molecule has 1 aliphatic heterocycles. The summed E-state index contributed by atoms with van der Waals surface area (Å²) < 4.78 is 0. The number of carbonyl (C=O) groups is 2. The molecule has 0 aromatic heterocycles. The van der Waals surface area contributed by atoms with Gasteiger partial charge in [0.1, 0.15) is 0 Å². The average Bonchev–Trinajstić information content (AvgIpc) is 2.68. The van der Waals surface area contributed by atoms with Crippen molar-refractivity contribution in [3.05, 3.63) is 64.1 Å². The van der Waals surface area contributed by atoms with Gasteiger partial charge in [0, 0.05) is 39.1 Å². The van der Waals surface area contributed by atoms with Crippen LogP contribution in [0, 0.1) is 0 Å². The molecule has 27 heavy (non-hydrogen) atoms. The molecule has 1 heterocycles. The van der Waals surface area contributed by atoms with Gasteiger partial charge in [0.05, 0.1) is 21.3 Å². The molecule has 0 saturated carbocycles. The Hall–Kier alpha value is -2.08. The monoisotopic (exact) mass is 405 g/mol. The minimum absolute atomic E-state index is 0.0447. The summed E-state index contributed by atoms with van der Waals surface area (Å²) in [5, 5.41) is 3.83. The molecule has 0 radical (unpaired) electrons. The van der Waals surface area contributed by atoms with Crippen LogP contribution in [0.3, 0.4) is 0 Å². The summed E-state index contributed by atoms with van der Waals surface area (Å²) in [7, 11) is 0. The summed E-state index contributed by atoms with van der Waals surface area (Å²) in [5.74, 6) is -0.116. The Morgan fingerprint density at radius 3 is 2.19 bits per heavy atom. The highest BCUT2D eigenvalue weighted by Gasteiger charge is 2.23. The molecule has 2 aromatic carbocycles. The Morgan fingerprint density at radius 1 is 0.889 bits per heavy atom. The maximum absolute atomic E-state index is 12.6. The first kappa shape index (κ1) is 19.7. The first-order chi connectivity index (χ1) is 13.0. The molecule has 0 bridgehead atoms. The lowest BCUT2D eigenvalue weighted by Crippen LogP contribution is -2.49. The highest BCUT2D eigenvalue weighted by Crippen LogP contribution is 2.21. The quantitative estimate of drug-likeness (QED) is 0.823. The van der Waals surface area contributed by atoms with Crippen LogP contribution in [0.5, 0.6) is 0 Å². The Bertz CT molecular complexity index is 820. The fourth-order valence-electron chi connectivity index (χ4n) is 3.01. The molecule has 1 saturated heterocycles. The lowest BCUT2D eigenvalue weighted by molar-refractivity contribution is -0.116. The lowest BCUT2D eigenvalue weighted by Gasteiger charge is -2.34. The number of benzene rings is 2. The van der Waals surface area contributed by atoms with E-state index in [-0.39, 0.29) is 11.8 Å². The zero-order chi connectivity index (χ0) is 19.2. The third kappa shape index (κ3) is 5.22. The Labute approximate surface area is 168 Å². The van der Waals surface area contributed by atoms with E-state index in [0.29, 0.717) is 47.4 Å². The number of rotatable bonds is 5. The van der Waals surface area contributed by atoms with Crippen LogP contribution in [-0.2, 0) is 4.79 Å². The molecule has 2 amide bonds. The van der Waals surface area contributed by atoms with Crippen LogP contribution in [0.25, 0.3) is 0 Å². The number of hydrogen-bond donors (Lipinski definition) is 1. The number of anilines is 1. The van der Waals surface area contributed by atoms with E-state index in [4.69, 9.17) is 23.2 Å². The van der Waals surface area contributed by atoms with Gasteiger partial charge in [0.2, 0.25) is 5.91 Å². The zero-order valence-corrected chi connectivity index (χ0v) is 16.3. The lowest BCUT2D eigenvalue weighted by atomic mass is 10.1. The molecule has 0 atom stereocenters. The van der Waals surface area contributed by atoms with Gasteiger partial charge in [-0.05, 0) is 24.3 Å². The second-order valence-electron chi connectivity index (χ2n) is 6.39. The number of nitrogens with one attached hydrogen (secondary N) is 1. The molecular weight excluding hydrogens is 385 g/mol. The number of nitrogens with zero attached hydrogens (tertiary/aromatic N) is 2. The molecule has 0 unspecified atom stereocenters. The molecular formula is C20H21Cl2N3O2. The van der Waals surface area contributed by atoms with Gasteiger partial charge < -0.3 is 10.2 Å². The third-order valence-corrected chi connectivity index (χ3v) is 5.23. The molecule has 5 nitrogen and oxygen atoms in total. The number of piperazine rings is 1. The molecule has 7 heteroatoms. The standard InChI is InChI=1S/C20H21Cl2N3O2/c21-16-6-2-1-5-15(16)20(27)25-13-11-24(12-14-25)10-9-19(26)23-18-8-4-3-7-17(18)22/h1-8H,9-14H2,(H,23,26). The van der Waals surface area contributed by atoms with Crippen molar-refractivity contribution in [2.75, 3.05) is 38.0 Å². The summed E-state index contributed by atoms with van der Waals surface area (Å²) in [4.78, 5) is 28.7. The molecule has 1 fully saturated rings. The van der Waals surface area contributed by atoms with Crippen LogP contribution < -0.4 is 5.32 Å². The smallest absolute Gasteiger partial charge is 0.255 e. The van der Waals surface area contributed by atoms with Crippen molar-refractivity contribution < 1.29 is 9.59 Å². The van der Waals surface area contributed by atoms with E-state index in [1.165, 1.54) is 0 Å². The van der Waals surface area contributed by atoms with Crippen LogP contribution in [0.1, 0.15) is 16.8 Å². The van der Waals surface area contributed by atoms with Crippen molar-refractivity contribution in [2.24, 2.45) is 0 Å². The van der Waals surface area contributed by atoms with Crippen molar-refractivity contribution in [1.82, 2.24) is 9.80 Å². The normalized spacial score (nSPS) is 14.8. The van der Waals surface area contributed by atoms with E-state index in [1.807, 2.05) is 29.2 Å². The number of para-hydroxylation sites is 1. The SMILES string of the molecule is O=C(CCN1CCN(C(=O)c2ccccc2Cl)CC1)Nc1ccccc1Cl. The van der Waals surface area contributed by atoms with E-state index < -0.39 is 0 Å². The van der Waals surface area contributed by atoms with Crippen LogP contribution in [-0.4, -0.2) is 54.3 Å². The van der Waals surface area contributed by atoms with Gasteiger partial charge in [0.25, 0.3) is 5.91 Å². The Balaban J connectivity index is 1.44. The van der Waals surface area contributed by atoms with Gasteiger partial charge in [-0.25, -0.2) is 0 Å². The van der Waals surface area contributed by atoms with E-state index in [2.05, 4.69) is 10.2 Å². The number of hydrogen-bond acceptors (Lipinski definition) is 3. The maximum Gasteiger partial charge on any atom is 0.255 e. The molecule has 3 rings (SSSR count). The highest BCUT2D eigenvalue weighted by molar-refractivity contribution is 6.34. The predicted molar refractivity (Wildman–Crippen MR) is 108 cm³/mol. The van der Waals surface area contributed by atoms with Crippen molar-refractivity contribution in [3.8, 4) is 0 Å². The fraction of sp³-hybridized carbons (Fsp3) is 0.300. The molecule has 2 aromatic rings. The van der Waals surface area contributed by atoms with E-state index in [1.54, 1.807) is 24.3 Å². The van der Waals surface area contributed by atoms with E-state index in [9.17, 15) is 9.59 Å². The van der Waals surface area contributed by atoms with Gasteiger partial charge in [-0.2, -0.15) is 0 Å². The van der Waals surface area contributed by atoms with Gasteiger partial charge in [-0.3, -0.25) is 14.5 Å². The fourth-order valence-corrected chi connectivity index (χ4v) is 3.41. The number of halogens is 2. The van der Waals surface area contributed by atoms with Crippen LogP contribution in [0.2, 0.25) is 10.0 Å². The summed E-state index contributed by atoms with van der Waals surface area (Å²) in [5.41, 5.74) is 1.16. The van der Waals surface area contributed by atoms with Crippen molar-refractivity contribution in [3.63, 3.8) is 0 Å². The van der Waals surface area contributed by atoms with E-state index >= 15 is 0 Å². The Morgan fingerprint density at radius 2 is 1.52 bits per heavy atom. The second-order valence-corrected chi connectivity index (χ2v) is 7.21. The summed E-state index contributed by atoms with van der Waals surface area (Å²) >= 11 is 12.2. The summed E-state index contributed by atoms with van der Waals surface area (Å²) in [6, 6.07) is 14.3. The zero-order valence-electron chi connectivity index (χ0n) is 14.8. The highest BCUT2D eigenvalue weighted by atomic mass is 35.5. The minimum Gasteiger partial charge on any atom is -0.336 e.